The van der Waals surface area contributed by atoms with Crippen molar-refractivity contribution in [1.29, 1.82) is 0 Å². The standard InChI is InChI=1S/C34H28FN7O/c1-20-17-37-34(38-30-15-21(2)41(3)40-30)39-31(20)27-18-36-32-25(27)10-6-12-29(32)42-19-28-23(8-5-11-26(28)33(42)43)14-13-22-7-4-9-24(35)16-22/h4-18,36H,19H2,1-3H3,(H,37,38,39,40). The quantitative estimate of drug-likeness (QED) is 0.207. The van der Waals surface area contributed by atoms with E-state index in [9.17, 15) is 9.18 Å². The summed E-state index contributed by atoms with van der Waals surface area (Å²) in [5.41, 5.74) is 8.58. The van der Waals surface area contributed by atoms with Crippen molar-refractivity contribution in [3.05, 3.63) is 118 Å². The monoisotopic (exact) mass is 569 g/mol. The normalized spacial score (nSPS) is 12.9. The third-order valence-corrected chi connectivity index (χ3v) is 7.87. The maximum atomic E-state index is 13.7. The Labute approximate surface area is 247 Å². The Balaban J connectivity index is 1.22. The van der Waals surface area contributed by atoms with Gasteiger partial charge in [-0.15, -0.1) is 0 Å². The van der Waals surface area contributed by atoms with Gasteiger partial charge in [-0.3, -0.25) is 9.48 Å². The van der Waals surface area contributed by atoms with Gasteiger partial charge in [0.25, 0.3) is 5.91 Å². The summed E-state index contributed by atoms with van der Waals surface area (Å²) in [6, 6.07) is 20.0. The number of H-pyrrole nitrogens is 1. The van der Waals surface area contributed by atoms with E-state index in [1.54, 1.807) is 21.8 Å². The molecule has 4 heterocycles. The summed E-state index contributed by atoms with van der Waals surface area (Å²) in [5, 5.41) is 8.60. The van der Waals surface area contributed by atoms with Gasteiger partial charge < -0.3 is 15.2 Å². The average molecular weight is 570 g/mol. The Morgan fingerprint density at radius 3 is 2.65 bits per heavy atom. The molecule has 3 aromatic heterocycles. The summed E-state index contributed by atoms with van der Waals surface area (Å²) < 4.78 is 15.5. The molecule has 0 radical (unpaired) electrons. The van der Waals surface area contributed by atoms with Crippen LogP contribution in [0, 0.1) is 19.7 Å². The SMILES string of the molecule is Cc1cnc(Nc2cc(C)n(C)n2)nc1-c1c[nH]c2c(N3Cc4c(C=Cc5cccc(F)c5)cccc4C3=O)cccc12. The number of aromatic amines is 1. The number of nitrogens with zero attached hydrogens (tertiary/aromatic N) is 5. The molecule has 0 spiro atoms. The van der Waals surface area contributed by atoms with Crippen LogP contribution in [0.15, 0.2) is 79.1 Å². The van der Waals surface area contributed by atoms with Gasteiger partial charge in [0.1, 0.15) is 5.82 Å². The number of para-hydroxylation sites is 1. The van der Waals surface area contributed by atoms with E-state index in [4.69, 9.17) is 4.98 Å². The molecule has 0 atom stereocenters. The van der Waals surface area contributed by atoms with E-state index in [0.717, 1.165) is 55.8 Å². The van der Waals surface area contributed by atoms with Crippen LogP contribution in [0.4, 0.5) is 21.8 Å². The molecule has 0 unspecified atom stereocenters. The molecule has 8 nitrogen and oxygen atoms in total. The zero-order chi connectivity index (χ0) is 29.7. The van der Waals surface area contributed by atoms with Crippen LogP contribution >= 0.6 is 0 Å². The van der Waals surface area contributed by atoms with Crippen LogP contribution in [-0.2, 0) is 13.6 Å². The lowest BCUT2D eigenvalue weighted by molar-refractivity contribution is 0.0997. The number of hydrogen-bond donors (Lipinski definition) is 2. The Hall–Kier alpha value is -5.57. The molecule has 9 heteroatoms. The number of benzene rings is 3. The van der Waals surface area contributed by atoms with Crippen molar-refractivity contribution in [3.63, 3.8) is 0 Å². The van der Waals surface area contributed by atoms with Crippen molar-refractivity contribution >= 4 is 46.4 Å². The number of halogens is 1. The van der Waals surface area contributed by atoms with E-state index >= 15 is 0 Å². The molecule has 2 N–H and O–H groups in total. The van der Waals surface area contributed by atoms with Gasteiger partial charge in [0.2, 0.25) is 5.95 Å². The number of carbonyl (C=O) groups is 1. The number of aryl methyl sites for hydroxylation is 3. The fourth-order valence-electron chi connectivity index (χ4n) is 5.57. The average Bonchev–Trinajstić information content (AvgIpc) is 3.68. The van der Waals surface area contributed by atoms with Crippen molar-refractivity contribution in [3.8, 4) is 11.3 Å². The van der Waals surface area contributed by atoms with E-state index in [1.165, 1.54) is 12.1 Å². The molecule has 7 rings (SSSR count). The lowest BCUT2D eigenvalue weighted by Gasteiger charge is -2.17. The van der Waals surface area contributed by atoms with Crippen molar-refractivity contribution in [2.75, 3.05) is 10.2 Å². The molecule has 0 fully saturated rings. The van der Waals surface area contributed by atoms with Crippen LogP contribution in [0.25, 0.3) is 34.3 Å². The Bertz CT molecular complexity index is 2050. The van der Waals surface area contributed by atoms with Gasteiger partial charge in [-0.1, -0.05) is 48.6 Å². The van der Waals surface area contributed by atoms with Crippen LogP contribution in [0.1, 0.15) is 38.3 Å². The van der Waals surface area contributed by atoms with Gasteiger partial charge in [-0.25, -0.2) is 14.4 Å². The highest BCUT2D eigenvalue weighted by atomic mass is 19.1. The van der Waals surface area contributed by atoms with Crippen LogP contribution in [0.2, 0.25) is 0 Å². The molecule has 0 saturated carbocycles. The maximum absolute atomic E-state index is 13.7. The molecule has 212 valence electrons. The second-order valence-corrected chi connectivity index (χ2v) is 10.7. The predicted octanol–water partition coefficient (Wildman–Crippen LogP) is 7.19. The topological polar surface area (TPSA) is 91.7 Å². The molecule has 1 amide bonds. The van der Waals surface area contributed by atoms with Crippen LogP contribution < -0.4 is 10.2 Å². The molecular formula is C34H28FN7O. The number of nitrogens with one attached hydrogen (secondary N) is 2. The van der Waals surface area contributed by atoms with E-state index < -0.39 is 0 Å². The molecule has 6 aromatic rings. The first-order valence-electron chi connectivity index (χ1n) is 13.9. The van der Waals surface area contributed by atoms with Gasteiger partial charge in [-0.2, -0.15) is 5.10 Å². The number of fused-ring (bicyclic) bond motifs is 2. The molecule has 0 aliphatic carbocycles. The summed E-state index contributed by atoms with van der Waals surface area (Å²) in [6.45, 7) is 4.39. The summed E-state index contributed by atoms with van der Waals surface area (Å²) in [6.07, 6.45) is 7.53. The van der Waals surface area contributed by atoms with Gasteiger partial charge in [-0.05, 0) is 60.4 Å². The summed E-state index contributed by atoms with van der Waals surface area (Å²) in [5.74, 6) is 0.782. The number of rotatable bonds is 6. The highest BCUT2D eigenvalue weighted by Crippen LogP contribution is 2.38. The fraction of sp³-hybridized carbons (Fsp3) is 0.118. The molecular weight excluding hydrogens is 541 g/mol. The number of aromatic nitrogens is 5. The Morgan fingerprint density at radius 2 is 1.84 bits per heavy atom. The summed E-state index contributed by atoms with van der Waals surface area (Å²) >= 11 is 0. The molecule has 1 aliphatic heterocycles. The first-order chi connectivity index (χ1) is 20.9. The van der Waals surface area contributed by atoms with Gasteiger partial charge in [0, 0.05) is 47.7 Å². The van der Waals surface area contributed by atoms with Crippen molar-refractivity contribution in [1.82, 2.24) is 24.7 Å². The maximum Gasteiger partial charge on any atom is 0.259 e. The second-order valence-electron chi connectivity index (χ2n) is 10.7. The van der Waals surface area contributed by atoms with Gasteiger partial charge in [0.05, 0.1) is 23.4 Å². The zero-order valence-corrected chi connectivity index (χ0v) is 23.9. The van der Waals surface area contributed by atoms with E-state index in [-0.39, 0.29) is 11.7 Å². The van der Waals surface area contributed by atoms with Crippen molar-refractivity contribution in [2.24, 2.45) is 7.05 Å². The minimum absolute atomic E-state index is 0.0602. The fourth-order valence-corrected chi connectivity index (χ4v) is 5.57. The molecule has 3 aromatic carbocycles. The number of anilines is 3. The number of hydrogen-bond acceptors (Lipinski definition) is 5. The van der Waals surface area contributed by atoms with E-state index in [1.807, 2.05) is 87.8 Å². The number of amides is 1. The lowest BCUT2D eigenvalue weighted by atomic mass is 10.0. The van der Waals surface area contributed by atoms with Crippen LogP contribution in [-0.4, -0.2) is 30.6 Å². The highest BCUT2D eigenvalue weighted by Gasteiger charge is 2.31. The highest BCUT2D eigenvalue weighted by molar-refractivity contribution is 6.15. The molecule has 43 heavy (non-hydrogen) atoms. The summed E-state index contributed by atoms with van der Waals surface area (Å²) in [4.78, 5) is 28.2. The third kappa shape index (κ3) is 4.74. The first-order valence-corrected chi connectivity index (χ1v) is 13.9. The predicted molar refractivity (Wildman–Crippen MR) is 168 cm³/mol. The number of carbonyl (C=O) groups excluding carboxylic acids is 1. The summed E-state index contributed by atoms with van der Waals surface area (Å²) in [7, 11) is 1.89. The second kappa shape index (κ2) is 10.4. The van der Waals surface area contributed by atoms with Crippen LogP contribution in [0.3, 0.4) is 0 Å². The van der Waals surface area contributed by atoms with E-state index in [2.05, 4.69) is 20.4 Å². The largest absolute Gasteiger partial charge is 0.359 e. The molecule has 0 bridgehead atoms. The third-order valence-electron chi connectivity index (χ3n) is 7.87. The minimum Gasteiger partial charge on any atom is -0.359 e. The Morgan fingerprint density at radius 1 is 1.00 bits per heavy atom. The Kier molecular flexibility index (Phi) is 6.35. The van der Waals surface area contributed by atoms with Gasteiger partial charge >= 0.3 is 0 Å². The van der Waals surface area contributed by atoms with Crippen molar-refractivity contribution < 1.29 is 9.18 Å². The van der Waals surface area contributed by atoms with E-state index in [0.29, 0.717) is 23.9 Å². The minimum atomic E-state index is -0.284. The van der Waals surface area contributed by atoms with Gasteiger partial charge in [0.15, 0.2) is 5.82 Å². The smallest absolute Gasteiger partial charge is 0.259 e. The first kappa shape index (κ1) is 26.3. The van der Waals surface area contributed by atoms with Crippen molar-refractivity contribution in [2.45, 2.75) is 20.4 Å². The van der Waals surface area contributed by atoms with Crippen LogP contribution in [0.5, 0.6) is 0 Å². The molecule has 0 saturated heterocycles. The molecule has 1 aliphatic rings. The lowest BCUT2D eigenvalue weighted by Crippen LogP contribution is -2.23. The zero-order valence-electron chi connectivity index (χ0n) is 23.9.